The monoisotopic (exact) mass is 487 g/mol. The van der Waals surface area contributed by atoms with Crippen molar-refractivity contribution in [1.82, 2.24) is 4.44 Å². The maximum atomic E-state index is 3.37. The van der Waals surface area contributed by atoms with Crippen LogP contribution in [0.15, 0.2) is 0 Å². The average molecular weight is 487 g/mol. The van der Waals surface area contributed by atoms with Crippen molar-refractivity contribution in [3.8, 4) is 0 Å². The molecule has 0 spiro atoms. The molecule has 2 rings (SSSR count). The third-order valence-corrected chi connectivity index (χ3v) is 30.1. The first kappa shape index (κ1) is 21.8. The van der Waals surface area contributed by atoms with Gasteiger partial charge in [0, 0.05) is 0 Å². The van der Waals surface area contributed by atoms with Crippen molar-refractivity contribution in [2.24, 2.45) is 0 Å². The molecule has 0 aromatic heterocycles. The minimum atomic E-state index is -1.37. The molecule has 24 heavy (non-hydrogen) atoms. The predicted molar refractivity (Wildman–Crippen MR) is 128 cm³/mol. The Hall–Kier alpha value is 1.55. The molecule has 0 saturated carbocycles. The van der Waals surface area contributed by atoms with E-state index in [-0.39, 0.29) is 0 Å². The van der Waals surface area contributed by atoms with Crippen LogP contribution in [-0.2, 0) is 0 Å². The summed E-state index contributed by atoms with van der Waals surface area (Å²) in [6.07, 6.45) is 13.2. The van der Waals surface area contributed by atoms with Crippen molar-refractivity contribution in [2.45, 2.75) is 115 Å². The number of halogens is 1. The summed E-state index contributed by atoms with van der Waals surface area (Å²) in [6, 6.07) is 0. The van der Waals surface area contributed by atoms with Crippen LogP contribution < -0.4 is 0 Å². The molecular formula is C20H44INP2. The van der Waals surface area contributed by atoms with E-state index < -0.39 is 12.5 Å². The van der Waals surface area contributed by atoms with Gasteiger partial charge in [-0.2, -0.15) is 0 Å². The van der Waals surface area contributed by atoms with E-state index in [4.69, 9.17) is 0 Å². The summed E-state index contributed by atoms with van der Waals surface area (Å²) in [5.41, 5.74) is 4.16. The topological polar surface area (TPSA) is 3.24 Å². The Morgan fingerprint density at radius 1 is 0.875 bits per heavy atom. The standard InChI is InChI=1S/C20H44INP2/c1-7-11-16-22(24(21)17(5)12-13-20(24)10-4)23(6)18(8-2)14-15-19(23)9-3/h17-20,23-24H,7-16H2,1-6H3/t17-,18-,19-,20-/m1/s1. The van der Waals surface area contributed by atoms with Crippen LogP contribution in [0.25, 0.3) is 0 Å². The first-order chi connectivity index (χ1) is 11.4. The molecule has 0 bridgehead atoms. The molecule has 146 valence electrons. The third-order valence-electron chi connectivity index (χ3n) is 7.94. The van der Waals surface area contributed by atoms with Crippen molar-refractivity contribution >= 4 is 34.5 Å². The van der Waals surface area contributed by atoms with Crippen LogP contribution in [0.4, 0.5) is 0 Å². The first-order valence-corrected chi connectivity index (χ1v) is 18.7. The minimum absolute atomic E-state index is 1.000. The maximum absolute atomic E-state index is 3.37. The van der Waals surface area contributed by atoms with Gasteiger partial charge in [-0.15, -0.1) is 0 Å². The van der Waals surface area contributed by atoms with Crippen LogP contribution in [0.1, 0.15) is 92.4 Å². The van der Waals surface area contributed by atoms with Crippen LogP contribution in [0.5, 0.6) is 0 Å². The predicted octanol–water partition coefficient (Wildman–Crippen LogP) is 7.71. The molecule has 0 aromatic carbocycles. The molecule has 0 N–H and O–H groups in total. The summed E-state index contributed by atoms with van der Waals surface area (Å²) in [5.74, 6) is 0. The molecule has 2 heterocycles. The molecule has 2 saturated heterocycles. The molecule has 4 atom stereocenters. The van der Waals surface area contributed by atoms with Crippen molar-refractivity contribution < 1.29 is 0 Å². The molecule has 2 fully saturated rings. The fourth-order valence-corrected chi connectivity index (χ4v) is 29.5. The van der Waals surface area contributed by atoms with Gasteiger partial charge in [0.1, 0.15) is 0 Å². The Morgan fingerprint density at radius 2 is 1.38 bits per heavy atom. The van der Waals surface area contributed by atoms with Gasteiger partial charge >= 0.3 is 167 Å². The average Bonchev–Trinajstić information content (AvgIpc) is 3.05. The van der Waals surface area contributed by atoms with Crippen LogP contribution in [0.3, 0.4) is 0 Å². The number of hydrogen-bond donors (Lipinski definition) is 0. The fraction of sp³-hybridized carbons (Fsp3) is 1.00. The molecule has 4 heteroatoms. The van der Waals surface area contributed by atoms with E-state index in [0.29, 0.717) is 0 Å². The van der Waals surface area contributed by atoms with Gasteiger partial charge in [0.05, 0.1) is 0 Å². The van der Waals surface area contributed by atoms with E-state index in [1.165, 1.54) is 64.3 Å². The molecule has 1 nitrogen and oxygen atoms in total. The number of rotatable bonds is 8. The number of hydrogen-bond acceptors (Lipinski definition) is 1. The van der Waals surface area contributed by atoms with Gasteiger partial charge in [-0.05, 0) is 0 Å². The molecular weight excluding hydrogens is 443 g/mol. The summed E-state index contributed by atoms with van der Waals surface area (Å²) >= 11 is 3.11. The Labute approximate surface area is 166 Å². The van der Waals surface area contributed by atoms with E-state index in [1.54, 1.807) is 0 Å². The van der Waals surface area contributed by atoms with E-state index in [0.717, 1.165) is 22.6 Å². The summed E-state index contributed by atoms with van der Waals surface area (Å²) in [6.45, 7) is 16.7. The second-order valence-electron chi connectivity index (χ2n) is 8.83. The SMILES string of the molecule is CCCCN([PH]1(C)[C@H](CC)CC[C@H]1CC)[PH]1(I)[C@H](CC)CC[C@H]1C. The van der Waals surface area contributed by atoms with Crippen LogP contribution in [0.2, 0.25) is 0 Å². The third kappa shape index (κ3) is 3.62. The van der Waals surface area contributed by atoms with Crippen molar-refractivity contribution in [1.29, 1.82) is 0 Å². The first-order valence-electron chi connectivity index (χ1n) is 10.9. The molecule has 2 aliphatic rings. The zero-order valence-electron chi connectivity index (χ0n) is 17.2. The van der Waals surface area contributed by atoms with Gasteiger partial charge in [-0.1, -0.05) is 0 Å². The van der Waals surface area contributed by atoms with Gasteiger partial charge in [0.15, 0.2) is 0 Å². The molecule has 0 radical (unpaired) electrons. The van der Waals surface area contributed by atoms with E-state index in [1.807, 2.05) is 0 Å². The van der Waals surface area contributed by atoms with Crippen molar-refractivity contribution in [3.63, 3.8) is 0 Å². The van der Waals surface area contributed by atoms with Crippen LogP contribution in [0, 0.1) is 0 Å². The van der Waals surface area contributed by atoms with Crippen LogP contribution in [-0.4, -0.2) is 40.3 Å². The Bertz CT molecular complexity index is 393. The summed E-state index contributed by atoms with van der Waals surface area (Å²) in [7, 11) is -1.36. The van der Waals surface area contributed by atoms with Crippen molar-refractivity contribution in [3.05, 3.63) is 0 Å². The molecule has 0 amide bonds. The van der Waals surface area contributed by atoms with Gasteiger partial charge in [0.25, 0.3) is 0 Å². The van der Waals surface area contributed by atoms with Gasteiger partial charge in [-0.25, -0.2) is 0 Å². The summed E-state index contributed by atoms with van der Waals surface area (Å²) in [4.78, 5) is 0. The summed E-state index contributed by atoms with van der Waals surface area (Å²) in [5, 5.41) is -1.37. The van der Waals surface area contributed by atoms with Crippen LogP contribution >= 0.6 is 34.5 Å². The second-order valence-corrected chi connectivity index (χ2v) is 22.9. The second kappa shape index (κ2) is 9.16. The fourth-order valence-electron chi connectivity index (χ4n) is 6.33. The summed E-state index contributed by atoms with van der Waals surface area (Å²) < 4.78 is 3.37. The normalized spacial score (nSPS) is 37.7. The number of nitrogens with zero attached hydrogens (tertiary/aromatic N) is 1. The molecule has 2 aliphatic heterocycles. The van der Waals surface area contributed by atoms with Gasteiger partial charge < -0.3 is 0 Å². The molecule has 0 aromatic rings. The van der Waals surface area contributed by atoms with Gasteiger partial charge in [0.2, 0.25) is 0 Å². The van der Waals surface area contributed by atoms with E-state index in [9.17, 15) is 0 Å². The zero-order valence-corrected chi connectivity index (χ0v) is 21.4. The Morgan fingerprint density at radius 3 is 1.83 bits per heavy atom. The molecule has 0 aliphatic carbocycles. The van der Waals surface area contributed by atoms with E-state index >= 15 is 0 Å². The number of unbranched alkanes of at least 4 members (excludes halogenated alkanes) is 1. The van der Waals surface area contributed by atoms with E-state index in [2.05, 4.69) is 67.8 Å². The Balaban J connectivity index is 2.46. The quantitative estimate of drug-likeness (QED) is 0.250. The zero-order chi connectivity index (χ0) is 18.0. The van der Waals surface area contributed by atoms with Crippen molar-refractivity contribution in [2.75, 3.05) is 13.2 Å². The Kier molecular flexibility index (Phi) is 8.34. The van der Waals surface area contributed by atoms with Gasteiger partial charge in [-0.3, -0.25) is 0 Å². The molecule has 0 unspecified atom stereocenters.